The quantitative estimate of drug-likeness (QED) is 0.536. The molecule has 3 heterocycles. The Hall–Kier alpha value is -2.31. The summed E-state index contributed by atoms with van der Waals surface area (Å²) >= 11 is 0. The molecule has 186 valence electrons. The minimum Gasteiger partial charge on any atom is -0.379 e. The fourth-order valence-corrected chi connectivity index (χ4v) is 5.02. The lowest BCUT2D eigenvalue weighted by Crippen LogP contribution is -2.43. The van der Waals surface area contributed by atoms with Crippen LogP contribution in [-0.2, 0) is 16.0 Å². The van der Waals surface area contributed by atoms with Crippen molar-refractivity contribution in [3.05, 3.63) is 42.1 Å². The number of hydrogen-bond acceptors (Lipinski definition) is 6. The van der Waals surface area contributed by atoms with Gasteiger partial charge in [0, 0.05) is 44.2 Å². The lowest BCUT2D eigenvalue weighted by Gasteiger charge is -2.39. The summed E-state index contributed by atoms with van der Waals surface area (Å²) in [6.45, 7) is 9.28. The molecule has 2 fully saturated rings. The van der Waals surface area contributed by atoms with E-state index in [0.717, 1.165) is 49.7 Å². The summed E-state index contributed by atoms with van der Waals surface area (Å²) < 4.78 is 11.3. The highest BCUT2D eigenvalue weighted by Crippen LogP contribution is 2.35. The van der Waals surface area contributed by atoms with E-state index in [9.17, 15) is 0 Å². The third-order valence-electron chi connectivity index (χ3n) is 7.31. The van der Waals surface area contributed by atoms with Crippen LogP contribution in [0.1, 0.15) is 71.3 Å². The molecule has 6 heteroatoms. The molecule has 0 bridgehead atoms. The van der Waals surface area contributed by atoms with Gasteiger partial charge in [-0.15, -0.1) is 0 Å². The third kappa shape index (κ3) is 6.42. The average Bonchev–Trinajstić information content (AvgIpc) is 3.04. The second kappa shape index (κ2) is 11.4. The minimum absolute atomic E-state index is 0.0231. The monoisotopic (exact) mass is 466 g/mol. The van der Waals surface area contributed by atoms with Crippen LogP contribution in [0.2, 0.25) is 0 Å². The van der Waals surface area contributed by atoms with Crippen LogP contribution in [0.5, 0.6) is 0 Å². The SMILES string of the molecule is CC(C)OC1CCCCC1.COC1(C)CCN(c2ccc3c(c2)NCc2cccnc2N3)CC1. The molecule has 1 saturated heterocycles. The van der Waals surface area contributed by atoms with Crippen molar-refractivity contribution >= 4 is 22.9 Å². The van der Waals surface area contributed by atoms with E-state index in [1.165, 1.54) is 43.4 Å². The van der Waals surface area contributed by atoms with E-state index in [1.807, 2.05) is 19.4 Å². The average molecular weight is 467 g/mol. The standard InChI is InChI=1S/C19H24N4O.C9H18O/c1-19(24-2)7-10-23(11-8-19)15-5-6-16-17(12-15)21-13-14-4-3-9-20-18(14)22-16;1-8(2)10-9-6-4-3-5-7-9/h3-6,9,12,21H,7-8,10-11,13H2,1-2H3,(H,20,22);8-9H,3-7H2,1-2H3. The Bertz CT molecular complexity index is 918. The number of methoxy groups -OCH3 is 1. The van der Waals surface area contributed by atoms with Gasteiger partial charge in [-0.3, -0.25) is 0 Å². The summed E-state index contributed by atoms with van der Waals surface area (Å²) in [6, 6.07) is 10.7. The zero-order valence-corrected chi connectivity index (χ0v) is 21.4. The first-order valence-electron chi connectivity index (χ1n) is 13.0. The molecule has 6 nitrogen and oxygen atoms in total. The maximum absolute atomic E-state index is 5.69. The van der Waals surface area contributed by atoms with Gasteiger partial charge in [-0.1, -0.05) is 25.3 Å². The molecule has 5 rings (SSSR count). The van der Waals surface area contributed by atoms with Crippen molar-refractivity contribution in [2.75, 3.05) is 35.7 Å². The first kappa shape index (κ1) is 24.8. The van der Waals surface area contributed by atoms with Crippen LogP contribution in [0.25, 0.3) is 0 Å². The Labute approximate surface area is 205 Å². The Morgan fingerprint density at radius 3 is 2.53 bits per heavy atom. The van der Waals surface area contributed by atoms with Crippen molar-refractivity contribution in [2.24, 2.45) is 0 Å². The minimum atomic E-state index is 0.0231. The number of fused-ring (bicyclic) bond motifs is 2. The highest BCUT2D eigenvalue weighted by molar-refractivity contribution is 5.79. The molecule has 2 N–H and O–H groups in total. The van der Waals surface area contributed by atoms with E-state index < -0.39 is 0 Å². The van der Waals surface area contributed by atoms with E-state index in [1.54, 1.807) is 0 Å². The molecule has 0 atom stereocenters. The predicted molar refractivity (Wildman–Crippen MR) is 141 cm³/mol. The predicted octanol–water partition coefficient (Wildman–Crippen LogP) is 6.50. The molecule has 34 heavy (non-hydrogen) atoms. The number of pyridine rings is 1. The fourth-order valence-electron chi connectivity index (χ4n) is 5.02. The van der Waals surface area contributed by atoms with Crippen molar-refractivity contribution in [1.29, 1.82) is 0 Å². The first-order valence-corrected chi connectivity index (χ1v) is 13.0. The highest BCUT2D eigenvalue weighted by Gasteiger charge is 2.30. The summed E-state index contributed by atoms with van der Waals surface area (Å²) in [6.07, 6.45) is 11.7. The van der Waals surface area contributed by atoms with Crippen molar-refractivity contribution in [2.45, 2.75) is 90.1 Å². The molecule has 2 aromatic rings. The van der Waals surface area contributed by atoms with Crippen molar-refractivity contribution in [1.82, 2.24) is 4.98 Å². The number of ether oxygens (including phenoxy) is 2. The summed E-state index contributed by atoms with van der Waals surface area (Å²) in [5, 5.41) is 6.98. The number of anilines is 4. The summed E-state index contributed by atoms with van der Waals surface area (Å²) in [4.78, 5) is 6.88. The third-order valence-corrected chi connectivity index (χ3v) is 7.31. The number of rotatable bonds is 4. The summed E-state index contributed by atoms with van der Waals surface area (Å²) in [5.74, 6) is 0.935. The van der Waals surface area contributed by atoms with Crippen LogP contribution in [0.4, 0.5) is 22.9 Å². The Balaban J connectivity index is 0.000000231. The Morgan fingerprint density at radius 1 is 1.06 bits per heavy atom. The molecule has 0 spiro atoms. The number of nitrogens with one attached hydrogen (secondary N) is 2. The number of nitrogens with zero attached hydrogens (tertiary/aromatic N) is 2. The normalized spacial score (nSPS) is 19.6. The van der Waals surface area contributed by atoms with Gasteiger partial charge in [-0.2, -0.15) is 0 Å². The number of aromatic nitrogens is 1. The number of piperidine rings is 1. The van der Waals surface area contributed by atoms with Gasteiger partial charge in [-0.05, 0) is 70.7 Å². The van der Waals surface area contributed by atoms with E-state index in [0.29, 0.717) is 12.2 Å². The second-order valence-electron chi connectivity index (χ2n) is 10.3. The molecule has 0 amide bonds. The maximum Gasteiger partial charge on any atom is 0.135 e. The van der Waals surface area contributed by atoms with E-state index in [2.05, 4.69) is 65.6 Å². The molecule has 1 saturated carbocycles. The summed E-state index contributed by atoms with van der Waals surface area (Å²) in [7, 11) is 1.82. The lowest BCUT2D eigenvalue weighted by molar-refractivity contribution is -0.0132. The van der Waals surface area contributed by atoms with Crippen LogP contribution >= 0.6 is 0 Å². The molecule has 3 aliphatic rings. The second-order valence-corrected chi connectivity index (χ2v) is 10.3. The van der Waals surface area contributed by atoms with Gasteiger partial charge in [0.05, 0.1) is 29.2 Å². The van der Waals surface area contributed by atoms with Crippen molar-refractivity contribution in [3.8, 4) is 0 Å². The van der Waals surface area contributed by atoms with Crippen LogP contribution < -0.4 is 15.5 Å². The lowest BCUT2D eigenvalue weighted by atomic mass is 9.93. The zero-order valence-electron chi connectivity index (χ0n) is 21.4. The van der Waals surface area contributed by atoms with Crippen molar-refractivity contribution in [3.63, 3.8) is 0 Å². The number of hydrogen-bond donors (Lipinski definition) is 2. The molecule has 0 unspecified atom stereocenters. The fraction of sp³-hybridized carbons (Fsp3) is 0.607. The highest BCUT2D eigenvalue weighted by atomic mass is 16.5. The summed E-state index contributed by atoms with van der Waals surface area (Å²) in [5.41, 5.74) is 4.68. The van der Waals surface area contributed by atoms with Gasteiger partial charge in [-0.25, -0.2) is 4.98 Å². The maximum atomic E-state index is 5.69. The van der Waals surface area contributed by atoms with Gasteiger partial charge in [0.1, 0.15) is 5.82 Å². The van der Waals surface area contributed by atoms with E-state index >= 15 is 0 Å². The van der Waals surface area contributed by atoms with Gasteiger partial charge in [0.15, 0.2) is 0 Å². The topological polar surface area (TPSA) is 58.7 Å². The van der Waals surface area contributed by atoms with Crippen molar-refractivity contribution < 1.29 is 9.47 Å². The molecule has 1 aliphatic carbocycles. The van der Waals surface area contributed by atoms with Gasteiger partial charge in [0.25, 0.3) is 0 Å². The largest absolute Gasteiger partial charge is 0.379 e. The molecular weight excluding hydrogens is 424 g/mol. The van der Waals surface area contributed by atoms with Gasteiger partial charge in [0.2, 0.25) is 0 Å². The number of benzene rings is 1. The Morgan fingerprint density at radius 2 is 1.82 bits per heavy atom. The molecule has 1 aromatic carbocycles. The smallest absolute Gasteiger partial charge is 0.135 e. The zero-order chi connectivity index (χ0) is 24.0. The molecule has 2 aliphatic heterocycles. The van der Waals surface area contributed by atoms with Crippen LogP contribution in [0.3, 0.4) is 0 Å². The Kier molecular flexibility index (Phi) is 8.32. The molecule has 0 radical (unpaired) electrons. The van der Waals surface area contributed by atoms with E-state index in [4.69, 9.17) is 9.47 Å². The van der Waals surface area contributed by atoms with Crippen LogP contribution in [-0.4, -0.2) is 43.0 Å². The molecular formula is C28H42N4O2. The van der Waals surface area contributed by atoms with Crippen LogP contribution in [0, 0.1) is 0 Å². The molecule has 1 aromatic heterocycles. The van der Waals surface area contributed by atoms with Crippen LogP contribution in [0.15, 0.2) is 36.5 Å². The van der Waals surface area contributed by atoms with Gasteiger partial charge >= 0.3 is 0 Å². The first-order chi connectivity index (χ1) is 16.5. The van der Waals surface area contributed by atoms with E-state index in [-0.39, 0.29) is 5.60 Å². The van der Waals surface area contributed by atoms with Gasteiger partial charge < -0.3 is 25.0 Å².